The van der Waals surface area contributed by atoms with Crippen LogP contribution in [0.3, 0.4) is 0 Å². The highest BCUT2D eigenvalue weighted by Crippen LogP contribution is 2.23. The average Bonchev–Trinajstić information content (AvgIpc) is 2.37. The normalized spacial score (nSPS) is 12.2. The maximum atomic E-state index is 13.3. The average molecular weight is 299 g/mol. The Hall–Kier alpha value is -1.29. The minimum absolute atomic E-state index is 0.214. The van der Waals surface area contributed by atoms with E-state index >= 15 is 0 Å². The van der Waals surface area contributed by atoms with Gasteiger partial charge in [0.2, 0.25) is 0 Å². The van der Waals surface area contributed by atoms with Gasteiger partial charge in [-0.25, -0.2) is 4.39 Å². The summed E-state index contributed by atoms with van der Waals surface area (Å²) in [6.07, 6.45) is 0. The second kappa shape index (κ2) is 6.24. The highest BCUT2D eigenvalue weighted by molar-refractivity contribution is 6.30. The first-order chi connectivity index (χ1) is 9.08. The van der Waals surface area contributed by atoms with E-state index in [0.717, 1.165) is 5.69 Å². The van der Waals surface area contributed by atoms with E-state index in [1.807, 2.05) is 12.1 Å². The van der Waals surface area contributed by atoms with Gasteiger partial charge in [0, 0.05) is 22.3 Å². The lowest BCUT2D eigenvalue weighted by Crippen LogP contribution is -2.20. The molecule has 0 aliphatic rings. The van der Waals surface area contributed by atoms with Crippen LogP contribution in [0.4, 0.5) is 10.1 Å². The maximum absolute atomic E-state index is 13.3. The SMILES string of the molecule is NCC(Nc1ccc(Cl)cc1)c1cc(F)cc(Cl)c1. The van der Waals surface area contributed by atoms with E-state index in [0.29, 0.717) is 22.2 Å². The Kier molecular flexibility index (Phi) is 4.64. The largest absolute Gasteiger partial charge is 0.377 e. The minimum Gasteiger partial charge on any atom is -0.377 e. The van der Waals surface area contributed by atoms with E-state index in [1.54, 1.807) is 18.2 Å². The molecule has 19 heavy (non-hydrogen) atoms. The second-order valence-corrected chi connectivity index (χ2v) is 5.02. The van der Waals surface area contributed by atoms with Gasteiger partial charge in [-0.2, -0.15) is 0 Å². The number of halogens is 3. The third-order valence-corrected chi connectivity index (χ3v) is 3.18. The summed E-state index contributed by atoms with van der Waals surface area (Å²) in [5.41, 5.74) is 7.30. The third kappa shape index (κ3) is 3.83. The van der Waals surface area contributed by atoms with Crippen LogP contribution in [0, 0.1) is 5.82 Å². The lowest BCUT2D eigenvalue weighted by molar-refractivity contribution is 0.622. The molecule has 0 aliphatic carbocycles. The summed E-state index contributed by atoms with van der Waals surface area (Å²) in [5.74, 6) is -0.376. The molecule has 0 aliphatic heterocycles. The first-order valence-corrected chi connectivity index (χ1v) is 6.52. The van der Waals surface area contributed by atoms with Crippen LogP contribution in [0.1, 0.15) is 11.6 Å². The van der Waals surface area contributed by atoms with Crippen molar-refractivity contribution in [2.45, 2.75) is 6.04 Å². The monoisotopic (exact) mass is 298 g/mol. The molecule has 0 saturated heterocycles. The summed E-state index contributed by atoms with van der Waals surface area (Å²) < 4.78 is 13.3. The number of nitrogens with two attached hydrogens (primary N) is 1. The molecule has 3 N–H and O–H groups in total. The fourth-order valence-corrected chi connectivity index (χ4v) is 2.16. The maximum Gasteiger partial charge on any atom is 0.125 e. The van der Waals surface area contributed by atoms with Crippen molar-refractivity contribution in [1.82, 2.24) is 0 Å². The zero-order chi connectivity index (χ0) is 13.8. The van der Waals surface area contributed by atoms with Gasteiger partial charge in [-0.3, -0.25) is 0 Å². The van der Waals surface area contributed by atoms with Crippen LogP contribution < -0.4 is 11.1 Å². The zero-order valence-electron chi connectivity index (χ0n) is 10.0. The highest BCUT2D eigenvalue weighted by atomic mass is 35.5. The summed E-state index contributed by atoms with van der Waals surface area (Å²) in [6, 6.07) is 11.4. The van der Waals surface area contributed by atoms with Crippen LogP contribution in [0.2, 0.25) is 10.0 Å². The predicted molar refractivity (Wildman–Crippen MR) is 78.3 cm³/mol. The number of hydrogen-bond acceptors (Lipinski definition) is 2. The fourth-order valence-electron chi connectivity index (χ4n) is 1.80. The Morgan fingerprint density at radius 3 is 2.32 bits per heavy atom. The van der Waals surface area contributed by atoms with E-state index in [4.69, 9.17) is 28.9 Å². The molecule has 0 heterocycles. The number of nitrogens with one attached hydrogen (secondary N) is 1. The van der Waals surface area contributed by atoms with E-state index in [1.165, 1.54) is 12.1 Å². The molecule has 0 spiro atoms. The standard InChI is InChI=1S/C14H13Cl2FN2/c15-10-1-3-13(4-2-10)19-14(8-18)9-5-11(16)7-12(17)6-9/h1-7,14,19H,8,18H2. The first kappa shape index (κ1) is 14.1. The minimum atomic E-state index is -0.376. The molecule has 0 aromatic heterocycles. The van der Waals surface area contributed by atoms with Crippen molar-refractivity contribution >= 4 is 28.9 Å². The summed E-state index contributed by atoms with van der Waals surface area (Å²) in [5, 5.41) is 4.23. The van der Waals surface area contributed by atoms with Crippen LogP contribution in [-0.2, 0) is 0 Å². The van der Waals surface area contributed by atoms with Gasteiger partial charge in [-0.15, -0.1) is 0 Å². The van der Waals surface area contributed by atoms with Gasteiger partial charge in [-0.05, 0) is 48.0 Å². The number of rotatable bonds is 4. The molecule has 2 aromatic rings. The van der Waals surface area contributed by atoms with E-state index in [-0.39, 0.29) is 11.9 Å². The van der Waals surface area contributed by atoms with Crippen LogP contribution in [0.25, 0.3) is 0 Å². The number of benzene rings is 2. The molecule has 2 nitrogen and oxygen atoms in total. The van der Waals surface area contributed by atoms with Gasteiger partial charge >= 0.3 is 0 Å². The van der Waals surface area contributed by atoms with E-state index < -0.39 is 0 Å². The molecule has 0 amide bonds. The highest BCUT2D eigenvalue weighted by Gasteiger charge is 2.11. The molecule has 2 rings (SSSR count). The Bertz CT molecular complexity index is 538. The van der Waals surface area contributed by atoms with Crippen molar-refractivity contribution in [3.8, 4) is 0 Å². The molecule has 1 atom stereocenters. The molecule has 0 fully saturated rings. The van der Waals surface area contributed by atoms with Gasteiger partial charge in [0.05, 0.1) is 6.04 Å². The Labute approximate surface area is 121 Å². The topological polar surface area (TPSA) is 38.0 Å². The van der Waals surface area contributed by atoms with E-state index in [9.17, 15) is 4.39 Å². The van der Waals surface area contributed by atoms with Crippen molar-refractivity contribution in [1.29, 1.82) is 0 Å². The van der Waals surface area contributed by atoms with Gasteiger partial charge in [0.1, 0.15) is 5.82 Å². The van der Waals surface area contributed by atoms with Crippen molar-refractivity contribution < 1.29 is 4.39 Å². The molecule has 0 saturated carbocycles. The summed E-state index contributed by atoms with van der Waals surface area (Å²) >= 11 is 11.7. The number of anilines is 1. The van der Waals surface area contributed by atoms with E-state index in [2.05, 4.69) is 5.32 Å². The summed E-state index contributed by atoms with van der Waals surface area (Å²) in [6.45, 7) is 0.322. The smallest absolute Gasteiger partial charge is 0.125 e. The summed E-state index contributed by atoms with van der Waals surface area (Å²) in [4.78, 5) is 0. The first-order valence-electron chi connectivity index (χ1n) is 5.76. The fraction of sp³-hybridized carbons (Fsp3) is 0.143. The molecule has 0 radical (unpaired) electrons. The molecule has 2 aromatic carbocycles. The van der Waals surface area contributed by atoms with Gasteiger partial charge in [-0.1, -0.05) is 23.2 Å². The molecular weight excluding hydrogens is 286 g/mol. The Morgan fingerprint density at radius 2 is 1.74 bits per heavy atom. The van der Waals surface area contributed by atoms with Crippen LogP contribution >= 0.6 is 23.2 Å². The summed E-state index contributed by atoms with van der Waals surface area (Å²) in [7, 11) is 0. The second-order valence-electron chi connectivity index (χ2n) is 4.14. The van der Waals surface area contributed by atoms with Crippen LogP contribution in [-0.4, -0.2) is 6.54 Å². The molecule has 5 heteroatoms. The van der Waals surface area contributed by atoms with Crippen molar-refractivity contribution in [3.05, 3.63) is 63.9 Å². The predicted octanol–water partition coefficient (Wildman–Crippen LogP) is 4.24. The van der Waals surface area contributed by atoms with Crippen molar-refractivity contribution in [3.63, 3.8) is 0 Å². The molecule has 100 valence electrons. The molecule has 1 unspecified atom stereocenters. The Balaban J connectivity index is 2.22. The lowest BCUT2D eigenvalue weighted by atomic mass is 10.1. The van der Waals surface area contributed by atoms with Crippen molar-refractivity contribution in [2.24, 2.45) is 5.73 Å². The molecular formula is C14H13Cl2FN2. The van der Waals surface area contributed by atoms with Crippen LogP contribution in [0.15, 0.2) is 42.5 Å². The van der Waals surface area contributed by atoms with Gasteiger partial charge < -0.3 is 11.1 Å². The Morgan fingerprint density at radius 1 is 1.05 bits per heavy atom. The lowest BCUT2D eigenvalue weighted by Gasteiger charge is -2.19. The zero-order valence-corrected chi connectivity index (χ0v) is 11.5. The van der Waals surface area contributed by atoms with Crippen molar-refractivity contribution in [2.75, 3.05) is 11.9 Å². The molecule has 0 bridgehead atoms. The van der Waals surface area contributed by atoms with Gasteiger partial charge in [0.25, 0.3) is 0 Å². The van der Waals surface area contributed by atoms with Crippen LogP contribution in [0.5, 0.6) is 0 Å². The van der Waals surface area contributed by atoms with Gasteiger partial charge in [0.15, 0.2) is 0 Å². The third-order valence-electron chi connectivity index (χ3n) is 2.71. The number of hydrogen-bond donors (Lipinski definition) is 2. The quantitative estimate of drug-likeness (QED) is 0.886.